The van der Waals surface area contributed by atoms with E-state index in [4.69, 9.17) is 5.73 Å². The molecule has 1 aliphatic heterocycles. The largest absolute Gasteiger partial charge is 0.330 e. The van der Waals surface area contributed by atoms with Crippen molar-refractivity contribution in [1.82, 2.24) is 19.3 Å². The molecule has 3 heterocycles. The summed E-state index contributed by atoms with van der Waals surface area (Å²) in [4.78, 5) is 11.6. The van der Waals surface area contributed by atoms with Gasteiger partial charge >= 0.3 is 0 Å². The second-order valence-electron chi connectivity index (χ2n) is 5.92. The number of imidazole rings is 1. The van der Waals surface area contributed by atoms with E-state index in [-0.39, 0.29) is 0 Å². The molecule has 1 fully saturated rings. The Hall–Kier alpha value is -1.46. The van der Waals surface area contributed by atoms with Gasteiger partial charge in [0.1, 0.15) is 0 Å². The monoisotopic (exact) mass is 273 g/mol. The minimum Gasteiger partial charge on any atom is -0.330 e. The highest BCUT2D eigenvalue weighted by Gasteiger charge is 2.19. The minimum absolute atomic E-state index is 0.642. The molecule has 1 unspecified atom stereocenters. The fourth-order valence-electron chi connectivity index (χ4n) is 3.11. The molecule has 0 bridgehead atoms. The zero-order valence-electron chi connectivity index (χ0n) is 12.3. The van der Waals surface area contributed by atoms with Gasteiger partial charge in [0.05, 0.1) is 5.69 Å². The van der Waals surface area contributed by atoms with Crippen LogP contribution in [0.1, 0.15) is 29.9 Å². The van der Waals surface area contributed by atoms with Crippen LogP contribution in [0.15, 0.2) is 12.3 Å². The molecular formula is C15H23N5. The Labute approximate surface area is 119 Å². The lowest BCUT2D eigenvalue weighted by Gasteiger charge is -2.31. The summed E-state index contributed by atoms with van der Waals surface area (Å²) in [6, 6.07) is 2.09. The molecule has 0 aliphatic carbocycles. The Morgan fingerprint density at radius 2 is 2.20 bits per heavy atom. The average Bonchev–Trinajstić information content (AvgIpc) is 2.81. The zero-order chi connectivity index (χ0) is 14.1. The van der Waals surface area contributed by atoms with Crippen LogP contribution in [0, 0.1) is 19.8 Å². The third kappa shape index (κ3) is 2.69. The molecule has 1 atom stereocenters. The standard InChI is InChI=1S/C15H23N5/c1-11-6-12(2)20-10-14(18-15(20)17-11)9-19-5-3-4-13(7-16)8-19/h6,10,13H,3-5,7-9,16H2,1-2H3. The maximum atomic E-state index is 5.80. The SMILES string of the molecule is Cc1cc(C)n2cc(CN3CCCC(CN)C3)nc2n1. The second kappa shape index (κ2) is 5.50. The summed E-state index contributed by atoms with van der Waals surface area (Å²) in [5, 5.41) is 0. The highest BCUT2D eigenvalue weighted by Crippen LogP contribution is 2.18. The molecule has 5 heteroatoms. The number of fused-ring (bicyclic) bond motifs is 1. The van der Waals surface area contributed by atoms with E-state index in [1.54, 1.807) is 0 Å². The maximum Gasteiger partial charge on any atom is 0.234 e. The topological polar surface area (TPSA) is 59.5 Å². The maximum absolute atomic E-state index is 5.80. The van der Waals surface area contributed by atoms with Crippen molar-refractivity contribution in [3.63, 3.8) is 0 Å². The highest BCUT2D eigenvalue weighted by atomic mass is 15.2. The van der Waals surface area contributed by atoms with E-state index in [0.717, 1.165) is 43.3 Å². The lowest BCUT2D eigenvalue weighted by atomic mass is 9.98. The van der Waals surface area contributed by atoms with Gasteiger partial charge in [-0.25, -0.2) is 9.97 Å². The van der Waals surface area contributed by atoms with Crippen molar-refractivity contribution in [3.05, 3.63) is 29.3 Å². The molecule has 5 nitrogen and oxygen atoms in total. The molecule has 0 spiro atoms. The van der Waals surface area contributed by atoms with Gasteiger partial charge in [0.15, 0.2) is 0 Å². The van der Waals surface area contributed by atoms with E-state index in [1.807, 2.05) is 6.92 Å². The summed E-state index contributed by atoms with van der Waals surface area (Å²) in [7, 11) is 0. The van der Waals surface area contributed by atoms with Gasteiger partial charge in [-0.05, 0) is 51.8 Å². The minimum atomic E-state index is 0.642. The number of hydrogen-bond donors (Lipinski definition) is 1. The predicted molar refractivity (Wildman–Crippen MR) is 79.5 cm³/mol. The van der Waals surface area contributed by atoms with Crippen LogP contribution in [0.25, 0.3) is 5.78 Å². The first-order valence-corrected chi connectivity index (χ1v) is 7.40. The van der Waals surface area contributed by atoms with Crippen LogP contribution in [0.5, 0.6) is 0 Å². The number of nitrogens with two attached hydrogens (primary N) is 1. The van der Waals surface area contributed by atoms with Gasteiger partial charge in [-0.2, -0.15) is 0 Å². The molecule has 3 rings (SSSR count). The molecular weight excluding hydrogens is 250 g/mol. The Morgan fingerprint density at radius 1 is 1.35 bits per heavy atom. The zero-order valence-corrected chi connectivity index (χ0v) is 12.3. The Kier molecular flexibility index (Phi) is 3.72. The number of rotatable bonds is 3. The van der Waals surface area contributed by atoms with Crippen LogP contribution >= 0.6 is 0 Å². The quantitative estimate of drug-likeness (QED) is 0.921. The average molecular weight is 273 g/mol. The van der Waals surface area contributed by atoms with Crippen molar-refractivity contribution in [2.45, 2.75) is 33.2 Å². The Morgan fingerprint density at radius 3 is 3.00 bits per heavy atom. The first kappa shape index (κ1) is 13.5. The summed E-state index contributed by atoms with van der Waals surface area (Å²) in [6.45, 7) is 8.04. The van der Waals surface area contributed by atoms with Crippen LogP contribution in [0.3, 0.4) is 0 Å². The first-order valence-electron chi connectivity index (χ1n) is 7.40. The predicted octanol–water partition coefficient (Wildman–Crippen LogP) is 1.52. The van der Waals surface area contributed by atoms with Gasteiger partial charge in [0, 0.05) is 30.7 Å². The molecule has 1 aliphatic rings. The summed E-state index contributed by atoms with van der Waals surface area (Å²) in [5.74, 6) is 1.45. The van der Waals surface area contributed by atoms with E-state index in [2.05, 4.69) is 38.5 Å². The second-order valence-corrected chi connectivity index (χ2v) is 5.92. The molecule has 0 aromatic carbocycles. The third-order valence-electron chi connectivity index (χ3n) is 4.13. The van der Waals surface area contributed by atoms with Gasteiger partial charge in [-0.15, -0.1) is 0 Å². The number of nitrogens with zero attached hydrogens (tertiary/aromatic N) is 4. The number of aryl methyl sites for hydroxylation is 2. The van der Waals surface area contributed by atoms with Crippen molar-refractivity contribution in [2.24, 2.45) is 11.7 Å². The summed E-state index contributed by atoms with van der Waals surface area (Å²) >= 11 is 0. The number of hydrogen-bond acceptors (Lipinski definition) is 4. The molecule has 108 valence electrons. The van der Waals surface area contributed by atoms with Crippen LogP contribution < -0.4 is 5.73 Å². The van der Waals surface area contributed by atoms with Gasteiger partial charge in [0.2, 0.25) is 5.78 Å². The first-order chi connectivity index (χ1) is 9.65. The fourth-order valence-corrected chi connectivity index (χ4v) is 3.11. The lowest BCUT2D eigenvalue weighted by Crippen LogP contribution is -2.37. The number of piperidine rings is 1. The molecule has 0 amide bonds. The fraction of sp³-hybridized carbons (Fsp3) is 0.600. The molecule has 2 N–H and O–H groups in total. The summed E-state index contributed by atoms with van der Waals surface area (Å²) in [5.41, 5.74) is 9.11. The number of likely N-dealkylation sites (tertiary alicyclic amines) is 1. The van der Waals surface area contributed by atoms with Crippen LogP contribution in [-0.4, -0.2) is 38.9 Å². The van der Waals surface area contributed by atoms with Crippen molar-refractivity contribution in [3.8, 4) is 0 Å². The van der Waals surface area contributed by atoms with Gasteiger partial charge in [-0.1, -0.05) is 0 Å². The van der Waals surface area contributed by atoms with E-state index in [9.17, 15) is 0 Å². The Bertz CT molecular complexity index is 604. The summed E-state index contributed by atoms with van der Waals surface area (Å²) in [6.07, 6.45) is 4.62. The van der Waals surface area contributed by atoms with Crippen molar-refractivity contribution >= 4 is 5.78 Å². The van der Waals surface area contributed by atoms with Gasteiger partial charge in [0.25, 0.3) is 0 Å². The number of aromatic nitrogens is 3. The van der Waals surface area contributed by atoms with Crippen LogP contribution in [0.4, 0.5) is 0 Å². The molecule has 1 saturated heterocycles. The van der Waals surface area contributed by atoms with E-state index >= 15 is 0 Å². The van der Waals surface area contributed by atoms with E-state index in [0.29, 0.717) is 5.92 Å². The molecule has 0 saturated carbocycles. The Balaban J connectivity index is 1.79. The molecule has 20 heavy (non-hydrogen) atoms. The molecule has 0 radical (unpaired) electrons. The smallest absolute Gasteiger partial charge is 0.234 e. The molecule has 2 aromatic heterocycles. The van der Waals surface area contributed by atoms with Crippen LogP contribution in [0.2, 0.25) is 0 Å². The lowest BCUT2D eigenvalue weighted by molar-refractivity contribution is 0.169. The van der Waals surface area contributed by atoms with Gasteiger partial charge in [-0.3, -0.25) is 9.30 Å². The summed E-state index contributed by atoms with van der Waals surface area (Å²) < 4.78 is 2.08. The van der Waals surface area contributed by atoms with Crippen molar-refractivity contribution in [1.29, 1.82) is 0 Å². The van der Waals surface area contributed by atoms with Crippen molar-refractivity contribution < 1.29 is 0 Å². The van der Waals surface area contributed by atoms with Crippen molar-refractivity contribution in [2.75, 3.05) is 19.6 Å². The van der Waals surface area contributed by atoms with E-state index in [1.165, 1.54) is 18.5 Å². The normalized spacial score (nSPS) is 20.6. The van der Waals surface area contributed by atoms with Gasteiger partial charge < -0.3 is 5.73 Å². The van der Waals surface area contributed by atoms with Crippen LogP contribution in [-0.2, 0) is 6.54 Å². The highest BCUT2D eigenvalue weighted by molar-refractivity contribution is 5.34. The third-order valence-corrected chi connectivity index (χ3v) is 4.13. The van der Waals surface area contributed by atoms with E-state index < -0.39 is 0 Å². The molecule has 2 aromatic rings.